The average molecular weight is 313 g/mol. The second-order valence-electron chi connectivity index (χ2n) is 5.77. The van der Waals surface area contributed by atoms with Crippen molar-refractivity contribution in [3.8, 4) is 0 Å². The van der Waals surface area contributed by atoms with Crippen LogP contribution in [0.5, 0.6) is 0 Å². The highest BCUT2D eigenvalue weighted by Crippen LogP contribution is 2.30. The third-order valence-corrected chi connectivity index (χ3v) is 6.38. The standard InChI is InChI=1S/C14H20FN3O2S/c1-2-12-9-17-5-3-4-13(17)10-18(12)21(19,20)14-6-11(15)7-16-8-14/h6-8,12-13H,2-5,9-10H2,1H3. The molecule has 0 N–H and O–H groups in total. The van der Waals surface area contributed by atoms with Gasteiger partial charge in [-0.25, -0.2) is 12.8 Å². The summed E-state index contributed by atoms with van der Waals surface area (Å²) in [5.74, 6) is -0.622. The van der Waals surface area contributed by atoms with Crippen molar-refractivity contribution in [2.24, 2.45) is 0 Å². The van der Waals surface area contributed by atoms with E-state index in [2.05, 4.69) is 9.88 Å². The van der Waals surface area contributed by atoms with Crippen LogP contribution in [0.1, 0.15) is 26.2 Å². The van der Waals surface area contributed by atoms with Crippen molar-refractivity contribution in [2.45, 2.75) is 43.2 Å². The van der Waals surface area contributed by atoms with Crippen molar-refractivity contribution in [1.29, 1.82) is 0 Å². The summed E-state index contributed by atoms with van der Waals surface area (Å²) in [6.45, 7) is 4.31. The van der Waals surface area contributed by atoms with Gasteiger partial charge in [-0.2, -0.15) is 4.31 Å². The van der Waals surface area contributed by atoms with E-state index in [0.29, 0.717) is 12.6 Å². The van der Waals surface area contributed by atoms with E-state index in [-0.39, 0.29) is 10.9 Å². The van der Waals surface area contributed by atoms with Crippen LogP contribution in [0.2, 0.25) is 0 Å². The molecule has 1 aromatic heterocycles. The molecule has 2 fully saturated rings. The van der Waals surface area contributed by atoms with E-state index in [4.69, 9.17) is 0 Å². The van der Waals surface area contributed by atoms with Gasteiger partial charge in [0, 0.05) is 31.4 Å². The van der Waals surface area contributed by atoms with Gasteiger partial charge in [-0.1, -0.05) is 6.92 Å². The lowest BCUT2D eigenvalue weighted by Crippen LogP contribution is -2.57. The fraction of sp³-hybridized carbons (Fsp3) is 0.643. The molecule has 3 heterocycles. The van der Waals surface area contributed by atoms with E-state index >= 15 is 0 Å². The Morgan fingerprint density at radius 1 is 1.38 bits per heavy atom. The minimum Gasteiger partial charge on any atom is -0.297 e. The van der Waals surface area contributed by atoms with Crippen LogP contribution in [0.25, 0.3) is 0 Å². The van der Waals surface area contributed by atoms with E-state index in [1.54, 1.807) is 4.31 Å². The lowest BCUT2D eigenvalue weighted by atomic mass is 10.1. The van der Waals surface area contributed by atoms with Gasteiger partial charge in [0.1, 0.15) is 10.7 Å². The van der Waals surface area contributed by atoms with Gasteiger partial charge in [0.2, 0.25) is 10.0 Å². The molecule has 0 amide bonds. The summed E-state index contributed by atoms with van der Waals surface area (Å²) in [4.78, 5) is 6.00. The van der Waals surface area contributed by atoms with Crippen molar-refractivity contribution < 1.29 is 12.8 Å². The molecule has 2 aliphatic rings. The lowest BCUT2D eigenvalue weighted by molar-refractivity contribution is 0.106. The molecule has 0 saturated carbocycles. The van der Waals surface area contributed by atoms with E-state index in [9.17, 15) is 12.8 Å². The van der Waals surface area contributed by atoms with Gasteiger partial charge in [0.15, 0.2) is 0 Å². The summed E-state index contributed by atoms with van der Waals surface area (Å²) in [5, 5.41) is 0. The first-order valence-electron chi connectivity index (χ1n) is 7.39. The number of halogens is 1. The minimum absolute atomic E-state index is 0.0485. The normalized spacial score (nSPS) is 27.7. The highest BCUT2D eigenvalue weighted by molar-refractivity contribution is 7.89. The predicted molar refractivity (Wildman–Crippen MR) is 76.8 cm³/mol. The van der Waals surface area contributed by atoms with Crippen molar-refractivity contribution in [1.82, 2.24) is 14.2 Å². The smallest absolute Gasteiger partial charge is 0.245 e. The number of hydrogen-bond donors (Lipinski definition) is 0. The number of fused-ring (bicyclic) bond motifs is 1. The molecule has 116 valence electrons. The monoisotopic (exact) mass is 313 g/mol. The Balaban J connectivity index is 1.92. The Morgan fingerprint density at radius 3 is 2.90 bits per heavy atom. The van der Waals surface area contributed by atoms with Gasteiger partial charge in [0.25, 0.3) is 0 Å². The van der Waals surface area contributed by atoms with Crippen molar-refractivity contribution in [3.05, 3.63) is 24.3 Å². The fourth-order valence-corrected chi connectivity index (χ4v) is 5.06. The van der Waals surface area contributed by atoms with Crippen LogP contribution in [-0.4, -0.2) is 54.3 Å². The first-order chi connectivity index (χ1) is 10.0. The third kappa shape index (κ3) is 2.69. The van der Waals surface area contributed by atoms with Gasteiger partial charge >= 0.3 is 0 Å². The summed E-state index contributed by atoms with van der Waals surface area (Å²) in [5.41, 5.74) is 0. The van der Waals surface area contributed by atoms with Crippen LogP contribution in [0.15, 0.2) is 23.4 Å². The lowest BCUT2D eigenvalue weighted by Gasteiger charge is -2.42. The van der Waals surface area contributed by atoms with Gasteiger partial charge in [-0.15, -0.1) is 0 Å². The van der Waals surface area contributed by atoms with E-state index < -0.39 is 15.8 Å². The molecule has 0 spiro atoms. The summed E-state index contributed by atoms with van der Waals surface area (Å²) in [6, 6.07) is 1.30. The van der Waals surface area contributed by atoms with Crippen molar-refractivity contribution >= 4 is 10.0 Å². The van der Waals surface area contributed by atoms with Gasteiger partial charge < -0.3 is 0 Å². The van der Waals surface area contributed by atoms with Crippen molar-refractivity contribution in [3.63, 3.8) is 0 Å². The van der Waals surface area contributed by atoms with Crippen LogP contribution >= 0.6 is 0 Å². The molecule has 0 bridgehead atoms. The molecule has 2 saturated heterocycles. The molecule has 5 nitrogen and oxygen atoms in total. The predicted octanol–water partition coefficient (Wildman–Crippen LogP) is 1.47. The number of hydrogen-bond acceptors (Lipinski definition) is 4. The Kier molecular flexibility index (Phi) is 3.98. The van der Waals surface area contributed by atoms with Crippen LogP contribution in [-0.2, 0) is 10.0 Å². The van der Waals surface area contributed by atoms with Crippen LogP contribution in [0.3, 0.4) is 0 Å². The zero-order valence-electron chi connectivity index (χ0n) is 12.1. The number of rotatable bonds is 3. The Hall–Kier alpha value is -1.05. The van der Waals surface area contributed by atoms with Crippen molar-refractivity contribution in [2.75, 3.05) is 19.6 Å². The molecular formula is C14H20FN3O2S. The molecule has 2 aliphatic heterocycles. The van der Waals surface area contributed by atoms with Crippen LogP contribution in [0, 0.1) is 5.82 Å². The molecule has 1 aromatic rings. The highest BCUT2D eigenvalue weighted by atomic mass is 32.2. The van der Waals surface area contributed by atoms with E-state index in [1.807, 2.05) is 6.92 Å². The second kappa shape index (κ2) is 5.62. The Bertz CT molecular complexity index is 622. The Morgan fingerprint density at radius 2 is 2.19 bits per heavy atom. The molecule has 21 heavy (non-hydrogen) atoms. The largest absolute Gasteiger partial charge is 0.297 e. The topological polar surface area (TPSA) is 53.5 Å². The molecule has 3 rings (SSSR count). The number of piperazine rings is 1. The summed E-state index contributed by atoms with van der Waals surface area (Å²) in [7, 11) is -3.68. The zero-order chi connectivity index (χ0) is 15.0. The third-order valence-electron chi connectivity index (χ3n) is 4.50. The second-order valence-corrected chi connectivity index (χ2v) is 7.66. The van der Waals surface area contributed by atoms with Crippen LogP contribution in [0.4, 0.5) is 4.39 Å². The summed E-state index contributed by atoms with van der Waals surface area (Å²) in [6.07, 6.45) is 5.16. The number of aromatic nitrogens is 1. The number of pyridine rings is 1. The highest BCUT2D eigenvalue weighted by Gasteiger charge is 2.41. The quantitative estimate of drug-likeness (QED) is 0.848. The first kappa shape index (κ1) is 14.9. The maximum Gasteiger partial charge on any atom is 0.245 e. The fourth-order valence-electron chi connectivity index (χ4n) is 3.36. The number of sulfonamides is 1. The summed E-state index contributed by atoms with van der Waals surface area (Å²) < 4.78 is 40.5. The molecule has 2 unspecified atom stereocenters. The average Bonchev–Trinajstić information content (AvgIpc) is 2.93. The molecule has 7 heteroatoms. The maximum absolute atomic E-state index is 13.3. The SMILES string of the molecule is CCC1CN2CCCC2CN1S(=O)(=O)c1cncc(F)c1. The molecule has 0 aromatic carbocycles. The van der Waals surface area contributed by atoms with E-state index in [1.165, 1.54) is 6.20 Å². The molecular weight excluding hydrogens is 293 g/mol. The Labute approximate surface area is 124 Å². The molecule has 0 radical (unpaired) electrons. The molecule has 2 atom stereocenters. The summed E-state index contributed by atoms with van der Waals surface area (Å²) >= 11 is 0. The van der Waals surface area contributed by atoms with E-state index in [0.717, 1.165) is 44.6 Å². The van der Waals surface area contributed by atoms with Gasteiger partial charge in [-0.3, -0.25) is 9.88 Å². The first-order valence-corrected chi connectivity index (χ1v) is 8.83. The minimum atomic E-state index is -3.68. The zero-order valence-corrected chi connectivity index (χ0v) is 12.9. The maximum atomic E-state index is 13.3. The van der Waals surface area contributed by atoms with Gasteiger partial charge in [0.05, 0.1) is 6.20 Å². The molecule has 0 aliphatic carbocycles. The van der Waals surface area contributed by atoms with Gasteiger partial charge in [-0.05, 0) is 31.9 Å². The number of nitrogens with zero attached hydrogens (tertiary/aromatic N) is 3. The van der Waals surface area contributed by atoms with Crippen LogP contribution < -0.4 is 0 Å².